The molecule has 0 aromatic carbocycles. The smallest absolute Gasteiger partial charge is 0.336 e. The summed E-state index contributed by atoms with van der Waals surface area (Å²) in [6.45, 7) is 3.45. The Labute approximate surface area is 58.6 Å². The first-order valence-corrected chi connectivity index (χ1v) is 2.94. The second-order valence-electron chi connectivity index (χ2n) is 1.98. The van der Waals surface area contributed by atoms with Crippen LogP contribution in [0.3, 0.4) is 0 Å². The summed E-state index contributed by atoms with van der Waals surface area (Å²) in [5.74, 6) is -0.451. The highest BCUT2D eigenvalue weighted by atomic mass is 16.6. The molecule has 0 bridgehead atoms. The lowest BCUT2D eigenvalue weighted by atomic mass is 10.2. The Balaban J connectivity index is 2.65. The Kier molecular flexibility index (Phi) is 1.87. The van der Waals surface area contributed by atoms with E-state index in [-0.39, 0.29) is 0 Å². The van der Waals surface area contributed by atoms with Crippen LogP contribution < -0.4 is 0 Å². The van der Waals surface area contributed by atoms with Gasteiger partial charge in [-0.2, -0.15) is 0 Å². The fraction of sp³-hybridized carbons (Fsp3) is 0.286. The van der Waals surface area contributed by atoms with Crippen molar-refractivity contribution in [1.82, 2.24) is 0 Å². The molecule has 54 valence electrons. The van der Waals surface area contributed by atoms with E-state index in [9.17, 15) is 4.79 Å². The Morgan fingerprint density at radius 1 is 1.90 bits per heavy atom. The number of esters is 1. The predicted molar refractivity (Wildman–Crippen MR) is 35.0 cm³/mol. The number of hydrogen-bond acceptors (Lipinski definition) is 3. The first-order chi connectivity index (χ1) is 4.74. The zero-order valence-electron chi connectivity index (χ0n) is 5.41. The van der Waals surface area contributed by atoms with Crippen molar-refractivity contribution < 1.29 is 14.6 Å². The summed E-state index contributed by atoms with van der Waals surface area (Å²) in [5, 5.41) is 8.74. The van der Waals surface area contributed by atoms with Gasteiger partial charge in [-0.1, -0.05) is 6.08 Å². The lowest BCUT2D eigenvalue weighted by Gasteiger charge is -1.95. The molecule has 0 aliphatic carbocycles. The first-order valence-electron chi connectivity index (χ1n) is 2.94. The largest absolute Gasteiger partial charge is 0.429 e. The molecule has 0 aromatic heterocycles. The maximum Gasteiger partial charge on any atom is 0.336 e. The van der Waals surface area contributed by atoms with Gasteiger partial charge in [0.05, 0.1) is 0 Å². The van der Waals surface area contributed by atoms with E-state index in [1.807, 2.05) is 0 Å². The third kappa shape index (κ3) is 1.25. The fourth-order valence-electron chi connectivity index (χ4n) is 0.766. The van der Waals surface area contributed by atoms with Crippen LogP contribution in [-0.4, -0.2) is 17.4 Å². The molecule has 0 saturated carbocycles. The van der Waals surface area contributed by atoms with Gasteiger partial charge in [0.25, 0.3) is 0 Å². The van der Waals surface area contributed by atoms with Crippen molar-refractivity contribution in [2.45, 2.75) is 12.7 Å². The molecule has 0 fully saturated rings. The van der Waals surface area contributed by atoms with Gasteiger partial charge in [0, 0.05) is 5.57 Å². The van der Waals surface area contributed by atoms with E-state index in [1.165, 1.54) is 6.08 Å². The van der Waals surface area contributed by atoms with Gasteiger partial charge in [0.15, 0.2) is 0 Å². The van der Waals surface area contributed by atoms with Crippen LogP contribution in [0.4, 0.5) is 0 Å². The zero-order valence-corrected chi connectivity index (χ0v) is 5.41. The minimum absolute atomic E-state index is 0.451. The van der Waals surface area contributed by atoms with Crippen LogP contribution in [0, 0.1) is 0 Å². The number of cyclic esters (lactones) is 1. The average molecular weight is 140 g/mol. The van der Waals surface area contributed by atoms with Crippen molar-refractivity contribution >= 4 is 5.97 Å². The van der Waals surface area contributed by atoms with Gasteiger partial charge in [0.2, 0.25) is 6.29 Å². The van der Waals surface area contributed by atoms with Crippen molar-refractivity contribution in [3.8, 4) is 0 Å². The van der Waals surface area contributed by atoms with Crippen molar-refractivity contribution in [3.05, 3.63) is 24.3 Å². The topological polar surface area (TPSA) is 46.5 Å². The Hall–Kier alpha value is -1.09. The maximum atomic E-state index is 10.7. The van der Waals surface area contributed by atoms with Gasteiger partial charge >= 0.3 is 5.97 Å². The summed E-state index contributed by atoms with van der Waals surface area (Å²) >= 11 is 0. The lowest BCUT2D eigenvalue weighted by Crippen LogP contribution is -2.05. The highest BCUT2D eigenvalue weighted by molar-refractivity contribution is 5.90. The van der Waals surface area contributed by atoms with E-state index >= 15 is 0 Å². The summed E-state index contributed by atoms with van der Waals surface area (Å²) in [5.41, 5.74) is 0.475. The van der Waals surface area contributed by atoms with Crippen LogP contribution >= 0.6 is 0 Å². The van der Waals surface area contributed by atoms with Gasteiger partial charge in [-0.25, -0.2) is 4.79 Å². The van der Waals surface area contributed by atoms with Crippen LogP contribution in [0.2, 0.25) is 0 Å². The lowest BCUT2D eigenvalue weighted by molar-refractivity contribution is -0.151. The van der Waals surface area contributed by atoms with E-state index in [1.54, 1.807) is 6.08 Å². The summed E-state index contributed by atoms with van der Waals surface area (Å²) in [7, 11) is 0. The van der Waals surface area contributed by atoms with E-state index in [2.05, 4.69) is 11.3 Å². The van der Waals surface area contributed by atoms with Crippen molar-refractivity contribution in [3.63, 3.8) is 0 Å². The van der Waals surface area contributed by atoms with E-state index < -0.39 is 12.3 Å². The number of hydrogen-bond donors (Lipinski definition) is 1. The van der Waals surface area contributed by atoms with Crippen molar-refractivity contribution in [2.75, 3.05) is 0 Å². The highest BCUT2D eigenvalue weighted by Gasteiger charge is 2.21. The molecule has 1 N–H and O–H groups in total. The number of rotatable bonds is 2. The summed E-state index contributed by atoms with van der Waals surface area (Å²) in [6, 6.07) is 0. The molecular formula is C7H8O3. The molecule has 0 saturated heterocycles. The van der Waals surface area contributed by atoms with E-state index in [0.717, 1.165) is 0 Å². The molecule has 10 heavy (non-hydrogen) atoms. The molecule has 1 aliphatic rings. The summed E-state index contributed by atoms with van der Waals surface area (Å²) < 4.78 is 4.40. The second kappa shape index (κ2) is 2.66. The molecule has 1 atom stereocenters. The molecule has 0 spiro atoms. The standard InChI is InChI=1S/C7H8O3/c1-2-3-5-4-6(8)10-7(5)9/h2,4,6,8H,1,3H2/t6-/m0/s1. The Morgan fingerprint density at radius 2 is 2.60 bits per heavy atom. The molecular weight excluding hydrogens is 132 g/mol. The number of allylic oxidation sites excluding steroid dienone is 1. The molecule has 1 heterocycles. The molecule has 1 aliphatic heterocycles. The SMILES string of the molecule is C=CCC1=C[C@@H](O)OC1=O. The quantitative estimate of drug-likeness (QED) is 0.445. The number of carbonyl (C=O) groups is 1. The summed E-state index contributed by atoms with van der Waals surface area (Å²) in [6.07, 6.45) is 2.37. The van der Waals surface area contributed by atoms with E-state index in [0.29, 0.717) is 12.0 Å². The normalized spacial score (nSPS) is 23.9. The van der Waals surface area contributed by atoms with Crippen LogP contribution in [0.15, 0.2) is 24.3 Å². The minimum atomic E-state index is -1.05. The third-order valence-corrected chi connectivity index (χ3v) is 1.20. The molecule has 0 radical (unpaired) electrons. The van der Waals surface area contributed by atoms with Gasteiger partial charge in [-0.3, -0.25) is 0 Å². The van der Waals surface area contributed by atoms with Gasteiger partial charge in [-0.15, -0.1) is 6.58 Å². The molecule has 3 nitrogen and oxygen atoms in total. The van der Waals surface area contributed by atoms with Crippen molar-refractivity contribution in [2.24, 2.45) is 0 Å². The van der Waals surface area contributed by atoms with Crippen LogP contribution in [0.5, 0.6) is 0 Å². The first kappa shape index (κ1) is 7.02. The second-order valence-corrected chi connectivity index (χ2v) is 1.98. The summed E-state index contributed by atoms with van der Waals surface area (Å²) in [4.78, 5) is 10.7. The van der Waals surface area contributed by atoms with Gasteiger partial charge in [-0.05, 0) is 12.5 Å². The fourth-order valence-corrected chi connectivity index (χ4v) is 0.766. The number of carbonyl (C=O) groups excluding carboxylic acids is 1. The molecule has 1 rings (SSSR count). The van der Waals surface area contributed by atoms with Gasteiger partial charge in [0.1, 0.15) is 0 Å². The number of ether oxygens (including phenoxy) is 1. The van der Waals surface area contributed by atoms with E-state index in [4.69, 9.17) is 5.11 Å². The predicted octanol–water partition coefficient (Wildman–Crippen LogP) is 0.364. The zero-order chi connectivity index (χ0) is 7.56. The minimum Gasteiger partial charge on any atom is -0.429 e. The van der Waals surface area contributed by atoms with Gasteiger partial charge < -0.3 is 9.84 Å². The Morgan fingerprint density at radius 3 is 3.00 bits per heavy atom. The van der Waals surface area contributed by atoms with Crippen molar-refractivity contribution in [1.29, 1.82) is 0 Å². The van der Waals surface area contributed by atoms with Crippen LogP contribution in [-0.2, 0) is 9.53 Å². The maximum absolute atomic E-state index is 10.7. The van der Waals surface area contributed by atoms with Crippen LogP contribution in [0.1, 0.15) is 6.42 Å². The molecule has 3 heteroatoms. The monoisotopic (exact) mass is 140 g/mol. The molecule has 0 amide bonds. The highest BCUT2D eigenvalue weighted by Crippen LogP contribution is 2.14. The molecule has 0 aromatic rings. The third-order valence-electron chi connectivity index (χ3n) is 1.20. The number of aliphatic hydroxyl groups excluding tert-OH is 1. The average Bonchev–Trinajstić information content (AvgIpc) is 2.13. The number of aliphatic hydroxyl groups is 1. The molecule has 0 unspecified atom stereocenters. The Bertz CT molecular complexity index is 193. The van der Waals surface area contributed by atoms with Crippen LogP contribution in [0.25, 0.3) is 0 Å².